The third-order valence-corrected chi connectivity index (χ3v) is 6.18. The smallest absolute Gasteiger partial charge is 0.222 e. The molecule has 0 aliphatic heterocycles. The lowest BCUT2D eigenvalue weighted by Gasteiger charge is -2.25. The van der Waals surface area contributed by atoms with E-state index in [9.17, 15) is 4.79 Å². The van der Waals surface area contributed by atoms with Crippen molar-refractivity contribution in [3.8, 4) is 0 Å². The van der Waals surface area contributed by atoms with Gasteiger partial charge in [0, 0.05) is 37.5 Å². The fourth-order valence-corrected chi connectivity index (χ4v) is 4.58. The molecule has 1 aromatic rings. The standard InChI is InChI=1S/C17H29N3OS/c1-6-22-15-8-7-14(11-15)19(4)17(21)10-9-16-12(2)18-20(5)13(16)3/h14-15H,6-11H2,1-5H3/t14-,15-/m1/s1. The van der Waals surface area contributed by atoms with Crippen molar-refractivity contribution in [1.82, 2.24) is 14.7 Å². The summed E-state index contributed by atoms with van der Waals surface area (Å²) >= 11 is 2.04. The van der Waals surface area contributed by atoms with E-state index in [0.29, 0.717) is 12.5 Å². The van der Waals surface area contributed by atoms with Crippen molar-refractivity contribution in [2.75, 3.05) is 12.8 Å². The van der Waals surface area contributed by atoms with Gasteiger partial charge in [-0.2, -0.15) is 16.9 Å². The number of hydrogen-bond acceptors (Lipinski definition) is 3. The molecule has 0 bridgehead atoms. The molecule has 4 nitrogen and oxygen atoms in total. The largest absolute Gasteiger partial charge is 0.343 e. The molecule has 0 N–H and O–H groups in total. The van der Waals surface area contributed by atoms with Crippen LogP contribution in [0.25, 0.3) is 0 Å². The average Bonchev–Trinajstić information content (AvgIpc) is 3.03. The van der Waals surface area contributed by atoms with Gasteiger partial charge in [0.05, 0.1) is 5.69 Å². The Bertz CT molecular complexity index is 526. The molecule has 0 spiro atoms. The van der Waals surface area contributed by atoms with Crippen LogP contribution in [0.3, 0.4) is 0 Å². The Kier molecular flexibility index (Phi) is 5.95. The highest BCUT2D eigenvalue weighted by Crippen LogP contribution is 2.32. The van der Waals surface area contributed by atoms with Gasteiger partial charge < -0.3 is 4.90 Å². The summed E-state index contributed by atoms with van der Waals surface area (Å²) in [6, 6.07) is 0.438. The van der Waals surface area contributed by atoms with Gasteiger partial charge in [0.1, 0.15) is 0 Å². The van der Waals surface area contributed by atoms with Crippen LogP contribution in [0.1, 0.15) is 49.6 Å². The second-order valence-electron chi connectivity index (χ2n) is 6.32. The minimum atomic E-state index is 0.273. The second kappa shape index (κ2) is 7.53. The Hall–Kier alpha value is -0.970. The highest BCUT2D eigenvalue weighted by atomic mass is 32.2. The number of amides is 1. The normalized spacial score (nSPS) is 21.3. The first-order valence-corrected chi connectivity index (χ1v) is 9.35. The number of hydrogen-bond donors (Lipinski definition) is 0. The van der Waals surface area contributed by atoms with E-state index in [1.165, 1.54) is 23.4 Å². The van der Waals surface area contributed by atoms with Gasteiger partial charge in [-0.3, -0.25) is 9.48 Å². The molecule has 1 saturated carbocycles. The Labute approximate surface area is 138 Å². The van der Waals surface area contributed by atoms with Gasteiger partial charge in [-0.15, -0.1) is 0 Å². The highest BCUT2D eigenvalue weighted by molar-refractivity contribution is 7.99. The Balaban J connectivity index is 1.87. The molecule has 124 valence electrons. The Morgan fingerprint density at radius 1 is 1.41 bits per heavy atom. The molecule has 1 amide bonds. The van der Waals surface area contributed by atoms with Crippen LogP contribution in [0.2, 0.25) is 0 Å². The molecule has 22 heavy (non-hydrogen) atoms. The average molecular weight is 324 g/mol. The van der Waals surface area contributed by atoms with Crippen LogP contribution in [-0.2, 0) is 18.3 Å². The molecule has 1 aliphatic rings. The molecule has 1 fully saturated rings. The number of thioether (sulfide) groups is 1. The summed E-state index contributed by atoms with van der Waals surface area (Å²) in [6.45, 7) is 6.32. The number of aromatic nitrogens is 2. The van der Waals surface area contributed by atoms with E-state index >= 15 is 0 Å². The zero-order valence-corrected chi connectivity index (χ0v) is 15.4. The summed E-state index contributed by atoms with van der Waals surface area (Å²) in [5.74, 6) is 1.45. The monoisotopic (exact) mass is 323 g/mol. The van der Waals surface area contributed by atoms with Gasteiger partial charge in [0.25, 0.3) is 0 Å². The van der Waals surface area contributed by atoms with Crippen LogP contribution in [0.15, 0.2) is 0 Å². The molecular weight excluding hydrogens is 294 g/mol. The van der Waals surface area contributed by atoms with Crippen molar-refractivity contribution in [3.63, 3.8) is 0 Å². The first-order chi connectivity index (χ1) is 10.4. The summed E-state index contributed by atoms with van der Waals surface area (Å²) in [4.78, 5) is 14.5. The molecule has 2 rings (SSSR count). The van der Waals surface area contributed by atoms with E-state index in [1.807, 2.05) is 42.4 Å². The van der Waals surface area contributed by atoms with E-state index in [0.717, 1.165) is 30.2 Å². The van der Waals surface area contributed by atoms with Crippen LogP contribution in [0.4, 0.5) is 0 Å². The van der Waals surface area contributed by atoms with Crippen LogP contribution in [0, 0.1) is 13.8 Å². The van der Waals surface area contributed by atoms with E-state index < -0.39 is 0 Å². The van der Waals surface area contributed by atoms with E-state index in [1.54, 1.807) is 0 Å². The van der Waals surface area contributed by atoms with Crippen molar-refractivity contribution in [2.45, 2.75) is 64.2 Å². The molecule has 0 unspecified atom stereocenters. The fourth-order valence-electron chi connectivity index (χ4n) is 3.45. The van der Waals surface area contributed by atoms with E-state index in [-0.39, 0.29) is 5.91 Å². The molecule has 0 aromatic carbocycles. The zero-order valence-electron chi connectivity index (χ0n) is 14.6. The van der Waals surface area contributed by atoms with Gasteiger partial charge in [0.15, 0.2) is 0 Å². The number of carbonyl (C=O) groups excluding carboxylic acids is 1. The number of aryl methyl sites for hydroxylation is 2. The quantitative estimate of drug-likeness (QED) is 0.807. The first kappa shape index (κ1) is 17.4. The lowest BCUT2D eigenvalue weighted by atomic mass is 10.1. The molecular formula is C17H29N3OS. The molecule has 0 saturated heterocycles. The maximum Gasteiger partial charge on any atom is 0.222 e. The third kappa shape index (κ3) is 3.86. The molecule has 1 heterocycles. The molecule has 1 aromatic heterocycles. The summed E-state index contributed by atoms with van der Waals surface area (Å²) in [5, 5.41) is 5.17. The fraction of sp³-hybridized carbons (Fsp3) is 0.765. The summed E-state index contributed by atoms with van der Waals surface area (Å²) < 4.78 is 1.91. The van der Waals surface area contributed by atoms with Gasteiger partial charge in [-0.1, -0.05) is 6.92 Å². The minimum absolute atomic E-state index is 0.273. The van der Waals surface area contributed by atoms with Crippen LogP contribution < -0.4 is 0 Å². The number of nitrogens with zero attached hydrogens (tertiary/aromatic N) is 3. The maximum absolute atomic E-state index is 12.5. The second-order valence-corrected chi connectivity index (χ2v) is 7.90. The first-order valence-electron chi connectivity index (χ1n) is 8.30. The van der Waals surface area contributed by atoms with Gasteiger partial charge in [-0.05, 0) is 50.8 Å². The molecule has 0 radical (unpaired) electrons. The lowest BCUT2D eigenvalue weighted by molar-refractivity contribution is -0.131. The van der Waals surface area contributed by atoms with Crippen molar-refractivity contribution < 1.29 is 4.79 Å². The van der Waals surface area contributed by atoms with Crippen LogP contribution in [-0.4, -0.2) is 44.7 Å². The SMILES string of the molecule is CCS[C@@H]1CC[C@@H](N(C)C(=O)CCc2c(C)nn(C)c2C)C1. The molecule has 5 heteroatoms. The number of rotatable bonds is 6. The molecule has 1 aliphatic carbocycles. The lowest BCUT2D eigenvalue weighted by Crippen LogP contribution is -2.35. The topological polar surface area (TPSA) is 38.1 Å². The highest BCUT2D eigenvalue weighted by Gasteiger charge is 2.29. The van der Waals surface area contributed by atoms with Gasteiger partial charge >= 0.3 is 0 Å². The van der Waals surface area contributed by atoms with E-state index in [4.69, 9.17) is 0 Å². The Morgan fingerprint density at radius 2 is 2.14 bits per heavy atom. The van der Waals surface area contributed by atoms with Crippen molar-refractivity contribution in [3.05, 3.63) is 17.0 Å². The van der Waals surface area contributed by atoms with Crippen molar-refractivity contribution >= 4 is 17.7 Å². The third-order valence-electron chi connectivity index (χ3n) is 4.95. The summed E-state index contributed by atoms with van der Waals surface area (Å²) in [6.07, 6.45) is 4.96. The predicted octanol–water partition coefficient (Wildman–Crippen LogP) is 3.10. The molecule has 2 atom stereocenters. The predicted molar refractivity (Wildman–Crippen MR) is 93.3 cm³/mol. The summed E-state index contributed by atoms with van der Waals surface area (Å²) in [7, 11) is 3.94. The van der Waals surface area contributed by atoms with Gasteiger partial charge in [0.2, 0.25) is 5.91 Å². The van der Waals surface area contributed by atoms with Crippen molar-refractivity contribution in [2.24, 2.45) is 7.05 Å². The van der Waals surface area contributed by atoms with Crippen LogP contribution in [0.5, 0.6) is 0 Å². The summed E-state index contributed by atoms with van der Waals surface area (Å²) in [5.41, 5.74) is 3.46. The maximum atomic E-state index is 12.5. The van der Waals surface area contributed by atoms with E-state index in [2.05, 4.69) is 18.9 Å². The zero-order chi connectivity index (χ0) is 16.3. The van der Waals surface area contributed by atoms with Crippen molar-refractivity contribution in [1.29, 1.82) is 0 Å². The van der Waals surface area contributed by atoms with Crippen LogP contribution >= 0.6 is 11.8 Å². The van der Waals surface area contributed by atoms with Gasteiger partial charge in [-0.25, -0.2) is 0 Å². The number of carbonyl (C=O) groups is 1. The Morgan fingerprint density at radius 3 is 2.73 bits per heavy atom. The minimum Gasteiger partial charge on any atom is -0.343 e.